The monoisotopic (exact) mass is 338 g/mol. The Morgan fingerprint density at radius 3 is 2.19 bits per heavy atom. The van der Waals surface area contributed by atoms with E-state index in [-0.39, 0.29) is 0 Å². The summed E-state index contributed by atoms with van der Waals surface area (Å²) in [6.45, 7) is 8.07. The molecule has 2 aromatic rings. The van der Waals surface area contributed by atoms with Crippen LogP contribution >= 0.6 is 17.1 Å². The summed E-state index contributed by atoms with van der Waals surface area (Å²) in [5, 5.41) is 0. The van der Waals surface area contributed by atoms with Gasteiger partial charge in [-0.05, 0) is 85.3 Å². The van der Waals surface area contributed by atoms with Gasteiger partial charge < -0.3 is 9.42 Å². The second-order valence-corrected chi connectivity index (χ2v) is 11.0. The predicted molar refractivity (Wildman–Crippen MR) is 94.8 cm³/mol. The van der Waals surface area contributed by atoms with Crippen molar-refractivity contribution in [3.63, 3.8) is 0 Å². The van der Waals surface area contributed by atoms with E-state index in [0.29, 0.717) is 5.75 Å². The molecule has 0 bridgehead atoms. The second kappa shape index (κ2) is 6.53. The van der Waals surface area contributed by atoms with Gasteiger partial charge in [0, 0.05) is 4.90 Å². The lowest BCUT2D eigenvalue weighted by Crippen LogP contribution is -1.93. The Kier molecular flexibility index (Phi) is 5.15. The van der Waals surface area contributed by atoms with E-state index < -0.39 is 5.69 Å². The number of hydrogen-bond donors (Lipinski definition) is 1. The topological polar surface area (TPSA) is 29.5 Å². The van der Waals surface area contributed by atoms with Gasteiger partial charge in [0.15, 0.2) is 0 Å². The molecule has 0 aliphatic carbocycles. The minimum Gasteiger partial charge on any atom is -0.436 e. The first-order chi connectivity index (χ1) is 9.80. The molecule has 0 amide bonds. The summed E-state index contributed by atoms with van der Waals surface area (Å²) in [5.41, 5.74) is 1.48. The molecule has 0 saturated carbocycles. The number of aryl methyl sites for hydroxylation is 2. The fraction of sp³-hybridized carbons (Fsp3) is 0.250. The molecular weight excluding hydrogens is 319 g/mol. The van der Waals surface area contributed by atoms with Crippen molar-refractivity contribution < 1.29 is 9.42 Å². The first kappa shape index (κ1) is 16.6. The molecule has 1 unspecified atom stereocenters. The van der Waals surface area contributed by atoms with Crippen LogP contribution in [0, 0.1) is 27.7 Å². The van der Waals surface area contributed by atoms with E-state index in [4.69, 9.17) is 16.3 Å². The van der Waals surface area contributed by atoms with Crippen LogP contribution in [0.4, 0.5) is 0 Å². The Labute approximate surface area is 135 Å². The molecule has 0 spiro atoms. The predicted octanol–water partition coefficient (Wildman–Crippen LogP) is 5.31. The molecule has 0 radical (unpaired) electrons. The van der Waals surface area contributed by atoms with Crippen molar-refractivity contribution in [3.8, 4) is 5.75 Å². The largest absolute Gasteiger partial charge is 0.436 e. The first-order valence-electron chi connectivity index (χ1n) is 6.64. The summed E-state index contributed by atoms with van der Waals surface area (Å²) < 4.78 is 5.76. The van der Waals surface area contributed by atoms with E-state index >= 15 is 0 Å². The van der Waals surface area contributed by atoms with E-state index in [1.165, 1.54) is 16.9 Å². The third kappa shape index (κ3) is 4.10. The molecule has 0 fully saturated rings. The smallest absolute Gasteiger partial charge is 0.299 e. The highest BCUT2D eigenvalue weighted by atomic mass is 32.9. The van der Waals surface area contributed by atoms with E-state index in [1.807, 2.05) is 64.1 Å². The summed E-state index contributed by atoms with van der Waals surface area (Å²) >= 11 is 6.58. The summed E-state index contributed by atoms with van der Waals surface area (Å²) in [6.07, 6.45) is 0. The van der Waals surface area contributed by atoms with Gasteiger partial charge in [-0.15, -0.1) is 0 Å². The molecular formula is C16H19O2PS2. The molecule has 0 heterocycles. The molecule has 5 heteroatoms. The third-order valence-electron chi connectivity index (χ3n) is 3.54. The average Bonchev–Trinajstić information content (AvgIpc) is 2.40. The van der Waals surface area contributed by atoms with Gasteiger partial charge in [0.2, 0.25) is 0 Å². The standard InChI is InChI=1S/C16H19O2PS2/c1-11-7-5-9-15(13(11)3)18-19(17,20)21-16-10-6-8-12(2)14(16)4/h5-10H,1-4H3,(H,17,20). The minimum atomic E-state index is -2.98. The van der Waals surface area contributed by atoms with Crippen molar-refractivity contribution >= 4 is 28.9 Å². The van der Waals surface area contributed by atoms with Crippen molar-refractivity contribution in [2.45, 2.75) is 32.6 Å². The van der Waals surface area contributed by atoms with Crippen LogP contribution in [-0.2, 0) is 11.8 Å². The van der Waals surface area contributed by atoms with Crippen LogP contribution in [0.1, 0.15) is 22.3 Å². The molecule has 1 N–H and O–H groups in total. The third-order valence-corrected chi connectivity index (χ3v) is 7.23. The van der Waals surface area contributed by atoms with Crippen LogP contribution in [0.25, 0.3) is 0 Å². The Morgan fingerprint density at radius 1 is 0.952 bits per heavy atom. The van der Waals surface area contributed by atoms with Gasteiger partial charge in [0.1, 0.15) is 5.75 Å². The van der Waals surface area contributed by atoms with Gasteiger partial charge in [0.25, 0.3) is 5.69 Å². The fourth-order valence-corrected chi connectivity index (χ4v) is 5.74. The van der Waals surface area contributed by atoms with Crippen LogP contribution in [0.5, 0.6) is 5.75 Å². The molecule has 2 rings (SSSR count). The van der Waals surface area contributed by atoms with Crippen molar-refractivity contribution in [2.24, 2.45) is 0 Å². The van der Waals surface area contributed by atoms with Crippen LogP contribution in [-0.4, -0.2) is 4.89 Å². The number of benzene rings is 2. The summed E-state index contributed by atoms with van der Waals surface area (Å²) in [4.78, 5) is 11.5. The SMILES string of the molecule is Cc1cccc(OP(O)(=S)Sc2cccc(C)c2C)c1C. The minimum absolute atomic E-state index is 0.665. The van der Waals surface area contributed by atoms with Gasteiger partial charge in [-0.3, -0.25) is 0 Å². The summed E-state index contributed by atoms with van der Waals surface area (Å²) in [5.74, 6) is 0.665. The average molecular weight is 338 g/mol. The normalized spacial score (nSPS) is 13.8. The van der Waals surface area contributed by atoms with Crippen molar-refractivity contribution in [1.82, 2.24) is 0 Å². The Balaban J connectivity index is 2.25. The van der Waals surface area contributed by atoms with Gasteiger partial charge in [0.05, 0.1) is 0 Å². The lowest BCUT2D eigenvalue weighted by molar-refractivity contribution is 0.501. The Morgan fingerprint density at radius 2 is 1.52 bits per heavy atom. The lowest BCUT2D eigenvalue weighted by atomic mass is 10.1. The Hall–Kier alpha value is -0.800. The zero-order valence-corrected chi connectivity index (χ0v) is 15.1. The molecule has 21 heavy (non-hydrogen) atoms. The van der Waals surface area contributed by atoms with Crippen LogP contribution in [0.2, 0.25) is 0 Å². The number of rotatable bonds is 4. The zero-order valence-electron chi connectivity index (χ0n) is 12.6. The van der Waals surface area contributed by atoms with E-state index in [9.17, 15) is 4.89 Å². The maximum Gasteiger partial charge on any atom is 0.299 e. The van der Waals surface area contributed by atoms with Gasteiger partial charge in [-0.25, -0.2) is 0 Å². The molecule has 0 saturated heterocycles. The fourth-order valence-electron chi connectivity index (χ4n) is 1.91. The highest BCUT2D eigenvalue weighted by Gasteiger charge is 2.20. The van der Waals surface area contributed by atoms with Crippen LogP contribution < -0.4 is 4.52 Å². The maximum atomic E-state index is 10.5. The quantitative estimate of drug-likeness (QED) is 0.765. The lowest BCUT2D eigenvalue weighted by Gasteiger charge is -2.19. The highest BCUT2D eigenvalue weighted by Crippen LogP contribution is 2.60. The first-order valence-corrected chi connectivity index (χ1v) is 10.7. The maximum absolute atomic E-state index is 10.5. The molecule has 2 aromatic carbocycles. The van der Waals surface area contributed by atoms with Crippen molar-refractivity contribution in [3.05, 3.63) is 58.7 Å². The van der Waals surface area contributed by atoms with E-state index in [0.717, 1.165) is 21.6 Å². The Bertz CT molecular complexity index is 656. The summed E-state index contributed by atoms with van der Waals surface area (Å²) in [6, 6.07) is 11.8. The van der Waals surface area contributed by atoms with Crippen molar-refractivity contribution in [2.75, 3.05) is 0 Å². The van der Waals surface area contributed by atoms with Gasteiger partial charge in [-0.2, -0.15) is 0 Å². The molecule has 1 atom stereocenters. The molecule has 0 aliphatic rings. The van der Waals surface area contributed by atoms with Gasteiger partial charge >= 0.3 is 0 Å². The van der Waals surface area contributed by atoms with Gasteiger partial charge in [-0.1, -0.05) is 24.3 Å². The second-order valence-electron chi connectivity index (χ2n) is 5.05. The van der Waals surface area contributed by atoms with Crippen LogP contribution in [0.15, 0.2) is 41.3 Å². The summed E-state index contributed by atoms with van der Waals surface area (Å²) in [7, 11) is 0. The molecule has 0 aliphatic heterocycles. The number of hydrogen-bond acceptors (Lipinski definition) is 3. The van der Waals surface area contributed by atoms with E-state index in [1.54, 1.807) is 0 Å². The highest BCUT2D eigenvalue weighted by molar-refractivity contribution is 8.67. The van der Waals surface area contributed by atoms with Crippen molar-refractivity contribution in [1.29, 1.82) is 0 Å². The molecule has 0 aromatic heterocycles. The molecule has 112 valence electrons. The van der Waals surface area contributed by atoms with E-state index in [2.05, 4.69) is 0 Å². The molecule has 2 nitrogen and oxygen atoms in total. The van der Waals surface area contributed by atoms with Crippen LogP contribution in [0.3, 0.4) is 0 Å². The zero-order chi connectivity index (χ0) is 15.6.